The van der Waals surface area contributed by atoms with Crippen molar-refractivity contribution in [1.82, 2.24) is 0 Å². The average molecular weight is 254 g/mol. The quantitative estimate of drug-likeness (QED) is 0.497. The Morgan fingerprint density at radius 2 is 1.89 bits per heavy atom. The van der Waals surface area contributed by atoms with Crippen LogP contribution in [0.15, 0.2) is 61.2 Å². The third-order valence-electron chi connectivity index (χ3n) is 3.52. The molecule has 0 bridgehead atoms. The fourth-order valence-electron chi connectivity index (χ4n) is 1.98. The van der Waals surface area contributed by atoms with Crippen LogP contribution in [-0.4, -0.2) is 0 Å². The summed E-state index contributed by atoms with van der Waals surface area (Å²) in [5.74, 6) is 0.614. The van der Waals surface area contributed by atoms with E-state index in [0.29, 0.717) is 5.92 Å². The standard InChI is InChI=1S/C19H26/c1-5-16(2)10-9-11-17(3)14-15-18(4)19-12-7-6-8-13-19/h5-8,11-13,16H,1,4,9-10,14-15H2,2-3H3/b17-11+. The lowest BCUT2D eigenvalue weighted by molar-refractivity contribution is 0.656. The predicted molar refractivity (Wildman–Crippen MR) is 87.1 cm³/mol. The molecule has 0 aliphatic carbocycles. The first-order chi connectivity index (χ1) is 9.13. The van der Waals surface area contributed by atoms with Crippen molar-refractivity contribution in [3.63, 3.8) is 0 Å². The van der Waals surface area contributed by atoms with Crippen LogP contribution in [0.3, 0.4) is 0 Å². The molecule has 0 saturated heterocycles. The number of benzene rings is 1. The molecule has 1 atom stereocenters. The second-order valence-electron chi connectivity index (χ2n) is 5.31. The molecular formula is C19H26. The van der Waals surface area contributed by atoms with Crippen molar-refractivity contribution in [2.24, 2.45) is 5.92 Å². The number of allylic oxidation sites excluding steroid dienone is 4. The van der Waals surface area contributed by atoms with Gasteiger partial charge in [0.2, 0.25) is 0 Å². The lowest BCUT2D eigenvalue weighted by Gasteiger charge is -2.07. The highest BCUT2D eigenvalue weighted by Gasteiger charge is 1.99. The highest BCUT2D eigenvalue weighted by molar-refractivity contribution is 5.63. The first kappa shape index (κ1) is 15.5. The lowest BCUT2D eigenvalue weighted by atomic mass is 9.99. The molecule has 0 heterocycles. The Bertz CT molecular complexity index is 423. The number of rotatable bonds is 8. The van der Waals surface area contributed by atoms with Gasteiger partial charge in [-0.3, -0.25) is 0 Å². The van der Waals surface area contributed by atoms with E-state index < -0.39 is 0 Å². The van der Waals surface area contributed by atoms with E-state index in [4.69, 9.17) is 0 Å². The predicted octanol–water partition coefficient (Wildman–Crippen LogP) is 6.03. The van der Waals surface area contributed by atoms with Crippen LogP contribution >= 0.6 is 0 Å². The molecule has 1 aromatic rings. The topological polar surface area (TPSA) is 0 Å². The Morgan fingerprint density at radius 3 is 2.53 bits per heavy atom. The summed E-state index contributed by atoms with van der Waals surface area (Å²) in [7, 11) is 0. The smallest absolute Gasteiger partial charge is 0.0230 e. The second-order valence-corrected chi connectivity index (χ2v) is 5.31. The Balaban J connectivity index is 2.33. The van der Waals surface area contributed by atoms with E-state index in [9.17, 15) is 0 Å². The number of hydrogen-bond donors (Lipinski definition) is 0. The van der Waals surface area contributed by atoms with Crippen LogP contribution in [0.1, 0.15) is 45.1 Å². The van der Waals surface area contributed by atoms with Gasteiger partial charge in [0.1, 0.15) is 0 Å². The molecule has 0 saturated carbocycles. The maximum atomic E-state index is 4.18. The van der Waals surface area contributed by atoms with Crippen molar-refractivity contribution in [1.29, 1.82) is 0 Å². The monoisotopic (exact) mass is 254 g/mol. The molecule has 0 aliphatic rings. The molecule has 0 amide bonds. The molecule has 1 unspecified atom stereocenters. The van der Waals surface area contributed by atoms with Crippen LogP contribution in [-0.2, 0) is 0 Å². The molecule has 0 heteroatoms. The summed E-state index contributed by atoms with van der Waals surface area (Å²) in [5, 5.41) is 0. The van der Waals surface area contributed by atoms with Crippen LogP contribution in [0.4, 0.5) is 0 Å². The van der Waals surface area contributed by atoms with E-state index in [1.165, 1.54) is 23.1 Å². The van der Waals surface area contributed by atoms with E-state index in [0.717, 1.165) is 19.3 Å². The fourth-order valence-corrected chi connectivity index (χ4v) is 1.98. The summed E-state index contributed by atoms with van der Waals surface area (Å²) in [6.45, 7) is 12.4. The van der Waals surface area contributed by atoms with Crippen molar-refractivity contribution >= 4 is 5.57 Å². The molecule has 0 aliphatic heterocycles. The van der Waals surface area contributed by atoms with E-state index >= 15 is 0 Å². The Hall–Kier alpha value is -1.56. The normalized spacial score (nSPS) is 13.1. The maximum Gasteiger partial charge on any atom is -0.0230 e. The minimum absolute atomic E-state index is 0.614. The minimum Gasteiger partial charge on any atom is -0.103 e. The Morgan fingerprint density at radius 1 is 1.21 bits per heavy atom. The van der Waals surface area contributed by atoms with E-state index in [1.807, 2.05) is 12.1 Å². The minimum atomic E-state index is 0.614. The SMILES string of the molecule is C=CC(C)CC/C=C(\C)CCC(=C)c1ccccc1. The van der Waals surface area contributed by atoms with Crippen LogP contribution in [0.5, 0.6) is 0 Å². The Kier molecular flexibility index (Phi) is 6.95. The molecular weight excluding hydrogens is 228 g/mol. The highest BCUT2D eigenvalue weighted by atomic mass is 14.0. The molecule has 0 radical (unpaired) electrons. The van der Waals surface area contributed by atoms with Gasteiger partial charge < -0.3 is 0 Å². The zero-order chi connectivity index (χ0) is 14.1. The van der Waals surface area contributed by atoms with Gasteiger partial charge in [-0.25, -0.2) is 0 Å². The summed E-state index contributed by atoms with van der Waals surface area (Å²) < 4.78 is 0. The largest absolute Gasteiger partial charge is 0.103 e. The van der Waals surface area contributed by atoms with Crippen molar-refractivity contribution in [2.45, 2.75) is 39.5 Å². The third kappa shape index (κ3) is 6.24. The zero-order valence-electron chi connectivity index (χ0n) is 12.4. The van der Waals surface area contributed by atoms with Crippen molar-refractivity contribution in [3.05, 3.63) is 66.8 Å². The summed E-state index contributed by atoms with van der Waals surface area (Å²) in [5.41, 5.74) is 3.96. The first-order valence-corrected chi connectivity index (χ1v) is 7.15. The first-order valence-electron chi connectivity index (χ1n) is 7.15. The van der Waals surface area contributed by atoms with Crippen molar-refractivity contribution in [2.75, 3.05) is 0 Å². The molecule has 1 aromatic carbocycles. The van der Waals surface area contributed by atoms with E-state index in [1.54, 1.807) is 0 Å². The average Bonchev–Trinajstić information content (AvgIpc) is 2.45. The fraction of sp³-hybridized carbons (Fsp3) is 0.368. The van der Waals surface area contributed by atoms with Gasteiger partial charge in [0.05, 0.1) is 0 Å². The van der Waals surface area contributed by atoms with E-state index in [2.05, 4.69) is 57.3 Å². The van der Waals surface area contributed by atoms with Crippen molar-refractivity contribution in [3.8, 4) is 0 Å². The second kappa shape index (κ2) is 8.53. The molecule has 1 rings (SSSR count). The van der Waals surface area contributed by atoms with Crippen LogP contribution < -0.4 is 0 Å². The van der Waals surface area contributed by atoms with Gasteiger partial charge >= 0.3 is 0 Å². The molecule has 0 aromatic heterocycles. The maximum absolute atomic E-state index is 4.18. The summed E-state index contributed by atoms with van der Waals surface area (Å²) in [6, 6.07) is 10.4. The van der Waals surface area contributed by atoms with Gasteiger partial charge in [-0.2, -0.15) is 0 Å². The number of hydrogen-bond acceptors (Lipinski definition) is 0. The molecule has 0 fully saturated rings. The molecule has 0 nitrogen and oxygen atoms in total. The van der Waals surface area contributed by atoms with Crippen LogP contribution in [0, 0.1) is 5.92 Å². The highest BCUT2D eigenvalue weighted by Crippen LogP contribution is 2.20. The van der Waals surface area contributed by atoms with E-state index in [-0.39, 0.29) is 0 Å². The van der Waals surface area contributed by atoms with Gasteiger partial charge in [0, 0.05) is 0 Å². The summed E-state index contributed by atoms with van der Waals surface area (Å²) >= 11 is 0. The third-order valence-corrected chi connectivity index (χ3v) is 3.52. The molecule has 0 spiro atoms. The Labute approximate surface area is 118 Å². The van der Waals surface area contributed by atoms with Gasteiger partial charge in [0.15, 0.2) is 0 Å². The van der Waals surface area contributed by atoms with Crippen LogP contribution in [0.25, 0.3) is 5.57 Å². The summed E-state index contributed by atoms with van der Waals surface area (Å²) in [6.07, 6.45) is 8.88. The van der Waals surface area contributed by atoms with Crippen molar-refractivity contribution < 1.29 is 0 Å². The molecule has 19 heavy (non-hydrogen) atoms. The molecule has 0 N–H and O–H groups in total. The van der Waals surface area contributed by atoms with Gasteiger partial charge in [-0.1, -0.05) is 61.6 Å². The summed E-state index contributed by atoms with van der Waals surface area (Å²) in [4.78, 5) is 0. The van der Waals surface area contributed by atoms with Gasteiger partial charge in [-0.15, -0.1) is 6.58 Å². The van der Waals surface area contributed by atoms with Gasteiger partial charge in [-0.05, 0) is 49.7 Å². The molecule has 102 valence electrons. The zero-order valence-corrected chi connectivity index (χ0v) is 12.4. The lowest BCUT2D eigenvalue weighted by Crippen LogP contribution is -1.88. The van der Waals surface area contributed by atoms with Gasteiger partial charge in [0.25, 0.3) is 0 Å². The van der Waals surface area contributed by atoms with Crippen LogP contribution in [0.2, 0.25) is 0 Å².